The zero-order valence-electron chi connectivity index (χ0n) is 22.2. The van der Waals surface area contributed by atoms with E-state index >= 15 is 0 Å². The molecule has 0 aliphatic carbocycles. The Balaban J connectivity index is 1.55. The Hall–Kier alpha value is -3.07. The predicted octanol–water partition coefficient (Wildman–Crippen LogP) is 5.70. The molecular formula is C29H38FN5O2S. The molecule has 1 amide bonds. The van der Waals surface area contributed by atoms with Crippen molar-refractivity contribution in [1.29, 1.82) is 0 Å². The van der Waals surface area contributed by atoms with Crippen LogP contribution in [-0.2, 0) is 23.5 Å². The van der Waals surface area contributed by atoms with Gasteiger partial charge in [-0.25, -0.2) is 14.4 Å². The summed E-state index contributed by atoms with van der Waals surface area (Å²) in [4.78, 5) is 37.5. The molecule has 0 fully saturated rings. The Labute approximate surface area is 228 Å². The van der Waals surface area contributed by atoms with Crippen LogP contribution in [0.15, 0.2) is 59.1 Å². The third-order valence-corrected chi connectivity index (χ3v) is 7.29. The van der Waals surface area contributed by atoms with Gasteiger partial charge in [0.25, 0.3) is 5.56 Å². The van der Waals surface area contributed by atoms with Crippen molar-refractivity contribution in [2.45, 2.75) is 88.6 Å². The van der Waals surface area contributed by atoms with Crippen LogP contribution in [0.5, 0.6) is 0 Å². The normalized spacial score (nSPS) is 11.0. The molecule has 0 saturated heterocycles. The van der Waals surface area contributed by atoms with E-state index in [1.807, 2.05) is 10.8 Å². The van der Waals surface area contributed by atoms with Crippen LogP contribution in [0.3, 0.4) is 0 Å². The topological polar surface area (TPSA) is 89.8 Å². The summed E-state index contributed by atoms with van der Waals surface area (Å²) in [6.45, 7) is 3.49. The fourth-order valence-electron chi connectivity index (χ4n) is 4.10. The van der Waals surface area contributed by atoms with E-state index < -0.39 is 0 Å². The first-order valence-corrected chi connectivity index (χ1v) is 14.5. The minimum Gasteiger partial charge on any atom is -0.356 e. The van der Waals surface area contributed by atoms with E-state index in [0.29, 0.717) is 48.8 Å². The van der Waals surface area contributed by atoms with Gasteiger partial charge in [0, 0.05) is 55.8 Å². The third kappa shape index (κ3) is 10.7. The summed E-state index contributed by atoms with van der Waals surface area (Å²) >= 11 is 1.42. The summed E-state index contributed by atoms with van der Waals surface area (Å²) in [6.07, 6.45) is 16.6. The quantitative estimate of drug-likeness (QED) is 0.134. The first-order valence-electron chi connectivity index (χ1n) is 13.5. The highest BCUT2D eigenvalue weighted by Crippen LogP contribution is 2.21. The molecule has 3 rings (SSSR count). The molecule has 0 unspecified atom stereocenters. The van der Waals surface area contributed by atoms with Crippen LogP contribution in [-0.4, -0.2) is 32.0 Å². The van der Waals surface area contributed by atoms with E-state index in [2.05, 4.69) is 27.2 Å². The van der Waals surface area contributed by atoms with Crippen molar-refractivity contribution >= 4 is 17.7 Å². The molecule has 38 heavy (non-hydrogen) atoms. The smallest absolute Gasteiger partial charge is 0.277 e. The predicted molar refractivity (Wildman–Crippen MR) is 150 cm³/mol. The van der Waals surface area contributed by atoms with E-state index in [1.165, 1.54) is 62.3 Å². The maximum absolute atomic E-state index is 13.3. The van der Waals surface area contributed by atoms with E-state index in [0.717, 1.165) is 24.0 Å². The van der Waals surface area contributed by atoms with Gasteiger partial charge in [-0.1, -0.05) is 69.3 Å². The highest BCUT2D eigenvalue weighted by molar-refractivity contribution is 7.98. The molecule has 0 saturated carbocycles. The Morgan fingerprint density at radius 1 is 0.974 bits per heavy atom. The van der Waals surface area contributed by atoms with Gasteiger partial charge >= 0.3 is 0 Å². The highest BCUT2D eigenvalue weighted by atomic mass is 32.2. The van der Waals surface area contributed by atoms with Crippen LogP contribution in [0.4, 0.5) is 4.39 Å². The second-order valence-electron chi connectivity index (χ2n) is 9.46. The van der Waals surface area contributed by atoms with Crippen LogP contribution >= 0.6 is 11.8 Å². The van der Waals surface area contributed by atoms with E-state index in [-0.39, 0.29) is 17.3 Å². The van der Waals surface area contributed by atoms with Gasteiger partial charge in [-0.05, 0) is 36.1 Å². The lowest BCUT2D eigenvalue weighted by Gasteiger charge is -2.14. The number of carbonyl (C=O) groups is 1. The lowest BCUT2D eigenvalue weighted by molar-refractivity contribution is -0.121. The van der Waals surface area contributed by atoms with Crippen molar-refractivity contribution in [3.8, 4) is 0 Å². The molecule has 9 heteroatoms. The van der Waals surface area contributed by atoms with Gasteiger partial charge in [0.1, 0.15) is 12.1 Å². The number of aromatic nitrogens is 4. The Bertz CT molecular complexity index is 1170. The van der Waals surface area contributed by atoms with E-state index in [4.69, 9.17) is 0 Å². The number of hydrogen-bond donors (Lipinski definition) is 1. The summed E-state index contributed by atoms with van der Waals surface area (Å²) in [6, 6.07) is 6.30. The number of halogens is 1. The maximum Gasteiger partial charge on any atom is 0.277 e. The van der Waals surface area contributed by atoms with Crippen molar-refractivity contribution < 1.29 is 9.18 Å². The summed E-state index contributed by atoms with van der Waals surface area (Å²) in [5.74, 6) is 0.317. The van der Waals surface area contributed by atoms with Gasteiger partial charge in [0.2, 0.25) is 5.91 Å². The summed E-state index contributed by atoms with van der Waals surface area (Å²) < 4.78 is 15.2. The molecule has 0 radical (unpaired) electrons. The number of nitrogens with one attached hydrogen (secondary N) is 1. The van der Waals surface area contributed by atoms with Crippen LogP contribution in [0.1, 0.15) is 81.4 Å². The number of carbonyl (C=O) groups excluding carboxylic acids is 1. The van der Waals surface area contributed by atoms with Crippen molar-refractivity contribution in [2.24, 2.45) is 0 Å². The Morgan fingerprint density at radius 3 is 2.42 bits per heavy atom. The first kappa shape index (κ1) is 29.5. The number of nitrogens with zero attached hydrogens (tertiary/aromatic N) is 4. The van der Waals surface area contributed by atoms with Crippen LogP contribution in [0, 0.1) is 5.82 Å². The van der Waals surface area contributed by atoms with Gasteiger partial charge in [-0.15, -0.1) is 0 Å². The molecule has 7 nitrogen and oxygen atoms in total. The van der Waals surface area contributed by atoms with Gasteiger partial charge in [-0.3, -0.25) is 9.59 Å². The van der Waals surface area contributed by atoms with Crippen molar-refractivity contribution in [3.63, 3.8) is 0 Å². The number of aryl methyl sites for hydroxylation is 1. The number of thioether (sulfide) groups is 1. The minimum atomic E-state index is -0.292. The molecule has 3 aromatic rings. The SMILES string of the molecule is CCCCCCCCCNC(=O)CCCn1cc(Cc2cncnc2)c(=O)nc1SCc1ccc(F)cc1. The van der Waals surface area contributed by atoms with E-state index in [1.54, 1.807) is 24.5 Å². The molecule has 2 heterocycles. The van der Waals surface area contributed by atoms with Gasteiger partial charge < -0.3 is 9.88 Å². The average Bonchev–Trinajstić information content (AvgIpc) is 2.92. The zero-order chi connectivity index (χ0) is 27.0. The monoisotopic (exact) mass is 539 g/mol. The molecule has 1 aromatic carbocycles. The largest absolute Gasteiger partial charge is 0.356 e. The second-order valence-corrected chi connectivity index (χ2v) is 10.4. The average molecular weight is 540 g/mol. The molecule has 1 N–H and O–H groups in total. The molecule has 0 aliphatic heterocycles. The number of benzene rings is 1. The van der Waals surface area contributed by atoms with E-state index in [9.17, 15) is 14.0 Å². The van der Waals surface area contributed by atoms with Crippen molar-refractivity contribution in [2.75, 3.05) is 6.54 Å². The molecule has 0 atom stereocenters. The van der Waals surface area contributed by atoms with Crippen molar-refractivity contribution in [1.82, 2.24) is 24.8 Å². The fraction of sp³-hybridized carbons (Fsp3) is 0.483. The zero-order valence-corrected chi connectivity index (χ0v) is 23.0. The second kappa shape index (κ2) is 16.7. The lowest BCUT2D eigenvalue weighted by atomic mass is 10.1. The van der Waals surface area contributed by atoms with Crippen molar-refractivity contribution in [3.05, 3.63) is 82.0 Å². The summed E-state index contributed by atoms with van der Waals surface area (Å²) in [5, 5.41) is 3.61. The Kier molecular flexibility index (Phi) is 13.0. The third-order valence-electron chi connectivity index (χ3n) is 6.22. The number of unbranched alkanes of at least 4 members (excludes halogenated alkanes) is 6. The van der Waals surface area contributed by atoms with Gasteiger partial charge in [0.05, 0.1) is 0 Å². The molecule has 204 valence electrons. The van der Waals surface area contributed by atoms with Crippen LogP contribution < -0.4 is 10.9 Å². The molecule has 2 aromatic heterocycles. The molecule has 0 aliphatic rings. The standard InChI is InChI=1S/C29H38FN5O2S/c1-2-3-4-5-6-7-8-15-33-27(36)10-9-16-35-20-25(17-24-18-31-22-32-19-24)28(37)34-29(35)38-21-23-11-13-26(30)14-12-23/h11-14,18-20,22H,2-10,15-17,21H2,1H3,(H,33,36). The highest BCUT2D eigenvalue weighted by Gasteiger charge is 2.12. The number of amides is 1. The van der Waals surface area contributed by atoms with Crippen LogP contribution in [0.25, 0.3) is 0 Å². The molecule has 0 bridgehead atoms. The lowest BCUT2D eigenvalue weighted by Crippen LogP contribution is -2.25. The molecular weight excluding hydrogens is 501 g/mol. The van der Waals surface area contributed by atoms with Gasteiger partial charge in [-0.2, -0.15) is 4.98 Å². The fourth-order valence-corrected chi connectivity index (χ4v) is 5.04. The molecule has 0 spiro atoms. The first-order chi connectivity index (χ1) is 18.5. The number of hydrogen-bond acceptors (Lipinski definition) is 6. The van der Waals surface area contributed by atoms with Gasteiger partial charge in [0.15, 0.2) is 5.16 Å². The maximum atomic E-state index is 13.3. The number of rotatable bonds is 17. The summed E-state index contributed by atoms with van der Waals surface area (Å²) in [5.41, 5.74) is 2.02. The summed E-state index contributed by atoms with van der Waals surface area (Å²) in [7, 11) is 0. The minimum absolute atomic E-state index is 0.0483. The Morgan fingerprint density at radius 2 is 1.68 bits per heavy atom. The van der Waals surface area contributed by atoms with Crippen LogP contribution in [0.2, 0.25) is 0 Å².